The summed E-state index contributed by atoms with van der Waals surface area (Å²) in [5.41, 5.74) is 2.90. The van der Waals surface area contributed by atoms with E-state index in [1.807, 2.05) is 19.2 Å². The van der Waals surface area contributed by atoms with Crippen molar-refractivity contribution in [2.45, 2.75) is 19.4 Å². The number of aliphatic hydroxyl groups excluding tert-OH is 1. The van der Waals surface area contributed by atoms with E-state index in [2.05, 4.69) is 22.4 Å². The van der Waals surface area contributed by atoms with Gasteiger partial charge in [0.05, 0.1) is 11.3 Å². The van der Waals surface area contributed by atoms with E-state index in [1.54, 1.807) is 0 Å². The van der Waals surface area contributed by atoms with Crippen LogP contribution in [-0.4, -0.2) is 31.9 Å². The van der Waals surface area contributed by atoms with Crippen molar-refractivity contribution in [1.82, 2.24) is 5.32 Å². The molecule has 1 saturated heterocycles. The highest BCUT2D eigenvalue weighted by atomic mass is 16.3. The van der Waals surface area contributed by atoms with Crippen molar-refractivity contribution in [3.63, 3.8) is 0 Å². The molecule has 0 atom stereocenters. The third-order valence-electron chi connectivity index (χ3n) is 3.78. The van der Waals surface area contributed by atoms with Gasteiger partial charge in [0.1, 0.15) is 6.07 Å². The van der Waals surface area contributed by atoms with Crippen LogP contribution in [0.25, 0.3) is 0 Å². The summed E-state index contributed by atoms with van der Waals surface area (Å²) >= 11 is 0. The van der Waals surface area contributed by atoms with Crippen molar-refractivity contribution in [3.05, 3.63) is 29.3 Å². The zero-order valence-corrected chi connectivity index (χ0v) is 11.4. The average Bonchev–Trinajstić information content (AvgIpc) is 2.47. The summed E-state index contributed by atoms with van der Waals surface area (Å²) in [5.74, 6) is 0.422. The molecule has 0 unspecified atom stereocenters. The molecule has 0 radical (unpaired) electrons. The molecule has 1 heterocycles. The maximum atomic E-state index is 9.30. The predicted octanol–water partition coefficient (Wildman–Crippen LogP) is 1.49. The van der Waals surface area contributed by atoms with Gasteiger partial charge >= 0.3 is 0 Å². The Balaban J connectivity index is 2.14. The summed E-state index contributed by atoms with van der Waals surface area (Å²) in [6.45, 7) is 2.90. The van der Waals surface area contributed by atoms with Gasteiger partial charge < -0.3 is 15.3 Å². The van der Waals surface area contributed by atoms with Crippen molar-refractivity contribution >= 4 is 5.69 Å². The van der Waals surface area contributed by atoms with E-state index in [0.717, 1.165) is 49.3 Å². The Morgan fingerprint density at radius 1 is 1.42 bits per heavy atom. The van der Waals surface area contributed by atoms with E-state index < -0.39 is 0 Å². The van der Waals surface area contributed by atoms with Crippen LogP contribution in [0.1, 0.15) is 24.0 Å². The number of benzene rings is 1. The smallest absolute Gasteiger partial charge is 0.101 e. The molecule has 4 heteroatoms. The van der Waals surface area contributed by atoms with Crippen molar-refractivity contribution in [2.24, 2.45) is 5.92 Å². The van der Waals surface area contributed by atoms with E-state index in [9.17, 15) is 5.26 Å². The lowest BCUT2D eigenvalue weighted by molar-refractivity contribution is 0.203. The second-order valence-electron chi connectivity index (χ2n) is 5.11. The van der Waals surface area contributed by atoms with E-state index >= 15 is 0 Å². The van der Waals surface area contributed by atoms with Crippen LogP contribution in [-0.2, 0) is 6.54 Å². The Bertz CT molecular complexity index is 459. The molecule has 0 saturated carbocycles. The fourth-order valence-corrected chi connectivity index (χ4v) is 2.62. The maximum Gasteiger partial charge on any atom is 0.101 e. The van der Waals surface area contributed by atoms with Crippen molar-refractivity contribution in [1.29, 1.82) is 5.26 Å². The molecule has 0 aliphatic carbocycles. The van der Waals surface area contributed by atoms with Crippen LogP contribution in [0.2, 0.25) is 0 Å². The SMILES string of the molecule is CNCc1ccc(N2CCC(CO)CC2)c(C#N)c1. The number of hydrogen-bond donors (Lipinski definition) is 2. The Labute approximate surface area is 114 Å². The Morgan fingerprint density at radius 2 is 2.16 bits per heavy atom. The van der Waals surface area contributed by atoms with Crippen LogP contribution in [0.5, 0.6) is 0 Å². The minimum absolute atomic E-state index is 0.278. The summed E-state index contributed by atoms with van der Waals surface area (Å²) in [5, 5.41) is 21.6. The summed E-state index contributed by atoms with van der Waals surface area (Å²) in [7, 11) is 1.90. The van der Waals surface area contributed by atoms with Gasteiger partial charge in [0.2, 0.25) is 0 Å². The molecule has 102 valence electrons. The largest absolute Gasteiger partial charge is 0.396 e. The van der Waals surface area contributed by atoms with Gasteiger partial charge in [-0.25, -0.2) is 0 Å². The van der Waals surface area contributed by atoms with Crippen LogP contribution in [0.4, 0.5) is 5.69 Å². The van der Waals surface area contributed by atoms with Crippen molar-refractivity contribution < 1.29 is 5.11 Å². The van der Waals surface area contributed by atoms with Crippen LogP contribution in [0, 0.1) is 17.2 Å². The molecule has 2 rings (SSSR count). The Hall–Kier alpha value is -1.57. The fraction of sp³-hybridized carbons (Fsp3) is 0.533. The highest BCUT2D eigenvalue weighted by Gasteiger charge is 2.20. The van der Waals surface area contributed by atoms with Gasteiger partial charge in [-0.1, -0.05) is 6.07 Å². The van der Waals surface area contributed by atoms with Crippen LogP contribution in [0.3, 0.4) is 0 Å². The number of aliphatic hydroxyl groups is 1. The molecule has 1 aromatic carbocycles. The molecular formula is C15H21N3O. The summed E-state index contributed by atoms with van der Waals surface area (Å²) < 4.78 is 0. The zero-order chi connectivity index (χ0) is 13.7. The molecule has 4 nitrogen and oxygen atoms in total. The topological polar surface area (TPSA) is 59.3 Å². The Kier molecular flexibility index (Phi) is 4.78. The number of piperidine rings is 1. The van der Waals surface area contributed by atoms with Gasteiger partial charge in [0.25, 0.3) is 0 Å². The average molecular weight is 259 g/mol. The van der Waals surface area contributed by atoms with E-state index in [4.69, 9.17) is 5.11 Å². The number of hydrogen-bond acceptors (Lipinski definition) is 4. The monoisotopic (exact) mass is 259 g/mol. The molecule has 1 aliphatic heterocycles. The molecular weight excluding hydrogens is 238 g/mol. The molecule has 2 N–H and O–H groups in total. The minimum Gasteiger partial charge on any atom is -0.396 e. The lowest BCUT2D eigenvalue weighted by Gasteiger charge is -2.33. The molecule has 1 aromatic rings. The third kappa shape index (κ3) is 3.25. The lowest BCUT2D eigenvalue weighted by atomic mass is 9.96. The first-order chi connectivity index (χ1) is 9.28. The zero-order valence-electron chi connectivity index (χ0n) is 11.4. The van der Waals surface area contributed by atoms with Crippen LogP contribution in [0.15, 0.2) is 18.2 Å². The second-order valence-corrected chi connectivity index (χ2v) is 5.11. The summed E-state index contributed by atoms with van der Waals surface area (Å²) in [6, 6.07) is 8.38. The molecule has 0 amide bonds. The van der Waals surface area contributed by atoms with E-state index in [0.29, 0.717) is 5.92 Å². The number of nitriles is 1. The summed E-state index contributed by atoms with van der Waals surface area (Å²) in [6.07, 6.45) is 2.00. The normalized spacial score (nSPS) is 16.4. The maximum absolute atomic E-state index is 9.30. The van der Waals surface area contributed by atoms with Crippen molar-refractivity contribution in [3.8, 4) is 6.07 Å². The van der Waals surface area contributed by atoms with Gasteiger partial charge in [0.15, 0.2) is 0 Å². The number of anilines is 1. The molecule has 1 fully saturated rings. The van der Waals surface area contributed by atoms with Gasteiger partial charge in [-0.3, -0.25) is 0 Å². The Morgan fingerprint density at radius 3 is 2.74 bits per heavy atom. The predicted molar refractivity (Wildman–Crippen MR) is 75.9 cm³/mol. The highest BCUT2D eigenvalue weighted by molar-refractivity contribution is 5.60. The first kappa shape index (κ1) is 13.9. The standard InChI is InChI=1S/C15H21N3O/c1-17-10-13-2-3-15(14(8-13)9-16)18-6-4-12(11-19)5-7-18/h2-3,8,12,17,19H,4-7,10-11H2,1H3. The number of nitrogens with one attached hydrogen (secondary N) is 1. The van der Waals surface area contributed by atoms with Crippen molar-refractivity contribution in [2.75, 3.05) is 31.6 Å². The third-order valence-corrected chi connectivity index (χ3v) is 3.78. The molecule has 19 heavy (non-hydrogen) atoms. The first-order valence-corrected chi connectivity index (χ1v) is 6.82. The van der Waals surface area contributed by atoms with Gasteiger partial charge in [-0.2, -0.15) is 5.26 Å². The molecule has 0 bridgehead atoms. The second kappa shape index (κ2) is 6.55. The molecule has 1 aliphatic rings. The number of rotatable bonds is 4. The molecule has 0 aromatic heterocycles. The highest BCUT2D eigenvalue weighted by Crippen LogP contribution is 2.26. The van der Waals surface area contributed by atoms with Crippen LogP contribution >= 0.6 is 0 Å². The van der Waals surface area contributed by atoms with E-state index in [1.165, 1.54) is 0 Å². The number of nitrogens with zero attached hydrogens (tertiary/aromatic N) is 2. The van der Waals surface area contributed by atoms with E-state index in [-0.39, 0.29) is 6.61 Å². The quantitative estimate of drug-likeness (QED) is 0.860. The summed E-state index contributed by atoms with van der Waals surface area (Å²) in [4.78, 5) is 2.26. The van der Waals surface area contributed by atoms with Gasteiger partial charge in [-0.05, 0) is 43.5 Å². The van der Waals surface area contributed by atoms with Gasteiger partial charge in [0, 0.05) is 26.2 Å². The first-order valence-electron chi connectivity index (χ1n) is 6.82. The van der Waals surface area contributed by atoms with Crippen LogP contribution < -0.4 is 10.2 Å². The molecule has 0 spiro atoms. The minimum atomic E-state index is 0.278. The fourth-order valence-electron chi connectivity index (χ4n) is 2.62. The van der Waals surface area contributed by atoms with Gasteiger partial charge in [-0.15, -0.1) is 0 Å². The lowest BCUT2D eigenvalue weighted by Crippen LogP contribution is -2.35.